The Morgan fingerprint density at radius 1 is 1.24 bits per heavy atom. The second kappa shape index (κ2) is 8.09. The number of benzene rings is 1. The zero-order valence-electron chi connectivity index (χ0n) is 12.7. The third kappa shape index (κ3) is 4.63. The van der Waals surface area contributed by atoms with Crippen LogP contribution in [0.1, 0.15) is 24.7 Å². The van der Waals surface area contributed by atoms with Gasteiger partial charge in [-0.2, -0.15) is 0 Å². The largest absolute Gasteiger partial charge is 0.356 e. The molecule has 0 aliphatic heterocycles. The van der Waals surface area contributed by atoms with E-state index in [0.29, 0.717) is 6.54 Å². The van der Waals surface area contributed by atoms with Crippen molar-refractivity contribution in [2.75, 3.05) is 13.6 Å². The first-order chi connectivity index (χ1) is 10.3. The molecule has 2 aromatic rings. The van der Waals surface area contributed by atoms with Crippen molar-refractivity contribution < 1.29 is 0 Å². The summed E-state index contributed by atoms with van der Waals surface area (Å²) in [4.78, 5) is 8.61. The summed E-state index contributed by atoms with van der Waals surface area (Å²) < 4.78 is 2.15. The molecule has 0 saturated carbocycles. The fourth-order valence-electron chi connectivity index (χ4n) is 2.06. The van der Waals surface area contributed by atoms with Gasteiger partial charge in [-0.15, -0.1) is 0 Å². The molecule has 0 unspecified atom stereocenters. The van der Waals surface area contributed by atoms with Gasteiger partial charge in [0.15, 0.2) is 5.96 Å². The van der Waals surface area contributed by atoms with Crippen LogP contribution in [0.4, 0.5) is 0 Å². The molecule has 0 radical (unpaired) electrons. The predicted octanol–water partition coefficient (Wildman–Crippen LogP) is 2.01. The monoisotopic (exact) mass is 285 g/mol. The van der Waals surface area contributed by atoms with Gasteiger partial charge in [0.1, 0.15) is 5.82 Å². The van der Waals surface area contributed by atoms with Crippen molar-refractivity contribution in [1.29, 1.82) is 0 Å². The Morgan fingerprint density at radius 2 is 2.05 bits per heavy atom. The quantitative estimate of drug-likeness (QED) is 0.630. The van der Waals surface area contributed by atoms with Crippen LogP contribution >= 0.6 is 0 Å². The summed E-state index contributed by atoms with van der Waals surface area (Å²) in [5, 5.41) is 6.54. The first kappa shape index (κ1) is 15.1. The predicted molar refractivity (Wildman–Crippen MR) is 86.3 cm³/mol. The SMILES string of the molecule is CCCNC(=NC)NCc1nccn1Cc1ccccc1. The normalized spacial score (nSPS) is 11.4. The highest BCUT2D eigenvalue weighted by Gasteiger charge is 2.04. The number of nitrogens with one attached hydrogen (secondary N) is 2. The minimum atomic E-state index is 0.656. The lowest BCUT2D eigenvalue weighted by Crippen LogP contribution is -2.37. The summed E-state index contributed by atoms with van der Waals surface area (Å²) in [6.45, 7) is 4.53. The fourth-order valence-corrected chi connectivity index (χ4v) is 2.06. The lowest BCUT2D eigenvalue weighted by Gasteiger charge is -2.12. The lowest BCUT2D eigenvalue weighted by atomic mass is 10.2. The number of rotatable bonds is 6. The minimum absolute atomic E-state index is 0.656. The van der Waals surface area contributed by atoms with E-state index in [4.69, 9.17) is 0 Å². The van der Waals surface area contributed by atoms with Gasteiger partial charge in [-0.05, 0) is 12.0 Å². The maximum atomic E-state index is 4.42. The van der Waals surface area contributed by atoms with E-state index in [9.17, 15) is 0 Å². The van der Waals surface area contributed by atoms with Crippen LogP contribution in [-0.4, -0.2) is 29.1 Å². The second-order valence-electron chi connectivity index (χ2n) is 4.81. The van der Waals surface area contributed by atoms with Crippen molar-refractivity contribution in [2.24, 2.45) is 4.99 Å². The maximum Gasteiger partial charge on any atom is 0.191 e. The first-order valence-electron chi connectivity index (χ1n) is 7.32. The van der Waals surface area contributed by atoms with Crippen LogP contribution in [0.3, 0.4) is 0 Å². The average Bonchev–Trinajstić information content (AvgIpc) is 2.96. The molecule has 5 nitrogen and oxygen atoms in total. The Kier molecular flexibility index (Phi) is 5.82. The Labute approximate surface area is 126 Å². The van der Waals surface area contributed by atoms with Crippen LogP contribution in [0.25, 0.3) is 0 Å². The molecule has 1 aromatic heterocycles. The molecule has 21 heavy (non-hydrogen) atoms. The van der Waals surface area contributed by atoms with Crippen LogP contribution in [-0.2, 0) is 13.1 Å². The van der Waals surface area contributed by atoms with E-state index in [2.05, 4.69) is 56.4 Å². The highest BCUT2D eigenvalue weighted by Crippen LogP contribution is 2.05. The lowest BCUT2D eigenvalue weighted by molar-refractivity contribution is 0.686. The molecule has 0 atom stereocenters. The van der Waals surface area contributed by atoms with Gasteiger partial charge in [-0.3, -0.25) is 4.99 Å². The maximum absolute atomic E-state index is 4.42. The first-order valence-corrected chi connectivity index (χ1v) is 7.32. The zero-order chi connectivity index (χ0) is 14.9. The molecule has 0 fully saturated rings. The second-order valence-corrected chi connectivity index (χ2v) is 4.81. The van der Waals surface area contributed by atoms with E-state index in [-0.39, 0.29) is 0 Å². The molecule has 2 N–H and O–H groups in total. The minimum Gasteiger partial charge on any atom is -0.356 e. The van der Waals surface area contributed by atoms with Crippen molar-refractivity contribution in [3.8, 4) is 0 Å². The Morgan fingerprint density at radius 3 is 2.76 bits per heavy atom. The van der Waals surface area contributed by atoms with Crippen LogP contribution in [0.5, 0.6) is 0 Å². The summed E-state index contributed by atoms with van der Waals surface area (Å²) in [6.07, 6.45) is 4.91. The molecule has 0 aliphatic carbocycles. The van der Waals surface area contributed by atoms with Gasteiger partial charge in [0.25, 0.3) is 0 Å². The third-order valence-corrected chi connectivity index (χ3v) is 3.18. The molecular weight excluding hydrogens is 262 g/mol. The molecule has 112 valence electrons. The molecule has 5 heteroatoms. The Balaban J connectivity index is 1.94. The standard InChI is InChI=1S/C16H23N5/c1-3-9-19-16(17-2)20-12-15-18-10-11-21(15)13-14-7-5-4-6-8-14/h4-8,10-11H,3,9,12-13H2,1-2H3,(H2,17,19,20). The summed E-state index contributed by atoms with van der Waals surface area (Å²) in [7, 11) is 1.78. The number of nitrogens with zero attached hydrogens (tertiary/aromatic N) is 3. The van der Waals surface area contributed by atoms with Crippen molar-refractivity contribution in [3.05, 3.63) is 54.1 Å². The number of aromatic nitrogens is 2. The van der Waals surface area contributed by atoms with Crippen molar-refractivity contribution in [3.63, 3.8) is 0 Å². The van der Waals surface area contributed by atoms with E-state index in [1.54, 1.807) is 7.05 Å². The van der Waals surface area contributed by atoms with Crippen molar-refractivity contribution in [2.45, 2.75) is 26.4 Å². The summed E-state index contributed by atoms with van der Waals surface area (Å²) in [6, 6.07) is 10.4. The van der Waals surface area contributed by atoms with Crippen molar-refractivity contribution >= 4 is 5.96 Å². The average molecular weight is 285 g/mol. The summed E-state index contributed by atoms with van der Waals surface area (Å²) in [5.74, 6) is 1.81. The topological polar surface area (TPSA) is 54.2 Å². The number of guanidine groups is 1. The van der Waals surface area contributed by atoms with E-state index in [1.165, 1.54) is 5.56 Å². The Bertz CT molecular complexity index is 559. The van der Waals surface area contributed by atoms with E-state index in [0.717, 1.165) is 31.3 Å². The van der Waals surface area contributed by atoms with E-state index >= 15 is 0 Å². The molecule has 2 rings (SSSR count). The number of aliphatic imine (C=N–C) groups is 1. The molecule has 1 aromatic carbocycles. The van der Waals surface area contributed by atoms with Crippen LogP contribution in [0, 0.1) is 0 Å². The third-order valence-electron chi connectivity index (χ3n) is 3.18. The van der Waals surface area contributed by atoms with Gasteiger partial charge >= 0.3 is 0 Å². The smallest absolute Gasteiger partial charge is 0.191 e. The van der Waals surface area contributed by atoms with Crippen LogP contribution < -0.4 is 10.6 Å². The molecule has 0 aliphatic rings. The Hall–Kier alpha value is -2.30. The number of imidazole rings is 1. The number of hydrogen-bond acceptors (Lipinski definition) is 2. The van der Waals surface area contributed by atoms with Gasteiger partial charge < -0.3 is 15.2 Å². The van der Waals surface area contributed by atoms with Crippen LogP contribution in [0.15, 0.2) is 47.7 Å². The van der Waals surface area contributed by atoms with Gasteiger partial charge in [-0.1, -0.05) is 37.3 Å². The summed E-state index contributed by atoms with van der Waals surface area (Å²) in [5.41, 5.74) is 1.27. The molecule has 0 amide bonds. The molecule has 0 spiro atoms. The van der Waals surface area contributed by atoms with Gasteiger partial charge in [0.05, 0.1) is 6.54 Å². The molecule has 0 saturated heterocycles. The van der Waals surface area contributed by atoms with E-state index in [1.807, 2.05) is 18.5 Å². The highest BCUT2D eigenvalue weighted by atomic mass is 15.2. The van der Waals surface area contributed by atoms with E-state index < -0.39 is 0 Å². The van der Waals surface area contributed by atoms with Gasteiger partial charge in [-0.25, -0.2) is 4.98 Å². The zero-order valence-corrected chi connectivity index (χ0v) is 12.7. The highest BCUT2D eigenvalue weighted by molar-refractivity contribution is 5.79. The van der Waals surface area contributed by atoms with Crippen molar-refractivity contribution in [1.82, 2.24) is 20.2 Å². The molecule has 1 heterocycles. The van der Waals surface area contributed by atoms with Gasteiger partial charge in [0, 0.05) is 32.5 Å². The fraction of sp³-hybridized carbons (Fsp3) is 0.375. The van der Waals surface area contributed by atoms with Crippen LogP contribution in [0.2, 0.25) is 0 Å². The van der Waals surface area contributed by atoms with Gasteiger partial charge in [0.2, 0.25) is 0 Å². The molecular formula is C16H23N5. The number of hydrogen-bond donors (Lipinski definition) is 2. The summed E-state index contributed by atoms with van der Waals surface area (Å²) >= 11 is 0. The molecule has 0 bridgehead atoms.